The van der Waals surface area contributed by atoms with Crippen LogP contribution in [0.2, 0.25) is 0 Å². The Morgan fingerprint density at radius 2 is 2.15 bits per heavy atom. The predicted molar refractivity (Wildman–Crippen MR) is 75.1 cm³/mol. The number of nitrogens with zero attached hydrogens (tertiary/aromatic N) is 5. The largest absolute Gasteiger partial charge is 0.289 e. The third-order valence-electron chi connectivity index (χ3n) is 3.05. The summed E-state index contributed by atoms with van der Waals surface area (Å²) in [5.74, 6) is -0.0719. The van der Waals surface area contributed by atoms with E-state index in [1.165, 1.54) is 6.08 Å². The van der Waals surface area contributed by atoms with Gasteiger partial charge in [-0.2, -0.15) is 5.10 Å². The highest BCUT2D eigenvalue weighted by molar-refractivity contribution is 6.06. The average molecular weight is 267 g/mol. The lowest BCUT2D eigenvalue weighted by Crippen LogP contribution is -1.92. The van der Waals surface area contributed by atoms with E-state index in [-0.39, 0.29) is 5.78 Å². The second kappa shape index (κ2) is 4.73. The van der Waals surface area contributed by atoms with Crippen molar-refractivity contribution in [2.75, 3.05) is 0 Å². The van der Waals surface area contributed by atoms with Crippen molar-refractivity contribution < 1.29 is 4.79 Å². The molecule has 3 rings (SSSR count). The minimum Gasteiger partial charge on any atom is -0.289 e. The molecule has 0 saturated heterocycles. The fourth-order valence-corrected chi connectivity index (χ4v) is 1.98. The van der Waals surface area contributed by atoms with E-state index in [1.54, 1.807) is 34.9 Å². The van der Waals surface area contributed by atoms with Crippen LogP contribution in [0.5, 0.6) is 0 Å². The van der Waals surface area contributed by atoms with Crippen molar-refractivity contribution in [2.24, 2.45) is 14.1 Å². The van der Waals surface area contributed by atoms with Crippen LogP contribution in [0.25, 0.3) is 17.1 Å². The molecule has 0 fully saturated rings. The summed E-state index contributed by atoms with van der Waals surface area (Å²) >= 11 is 0. The van der Waals surface area contributed by atoms with Crippen LogP contribution in [0, 0.1) is 0 Å². The minimum atomic E-state index is -0.0719. The quantitative estimate of drug-likeness (QED) is 0.534. The molecule has 0 aliphatic rings. The lowest BCUT2D eigenvalue weighted by molar-refractivity contribution is 0.104. The molecule has 0 aliphatic carbocycles. The zero-order valence-electron chi connectivity index (χ0n) is 11.2. The normalized spacial score (nSPS) is 11.5. The number of hydrogen-bond acceptors (Lipinski definition) is 4. The van der Waals surface area contributed by atoms with Crippen LogP contribution in [0.1, 0.15) is 15.9 Å². The highest BCUT2D eigenvalue weighted by atomic mass is 16.1. The Balaban J connectivity index is 1.85. The van der Waals surface area contributed by atoms with Gasteiger partial charge in [-0.05, 0) is 23.8 Å². The number of benzene rings is 1. The maximum atomic E-state index is 11.9. The molecule has 0 saturated carbocycles. The molecule has 0 aliphatic heterocycles. The van der Waals surface area contributed by atoms with Crippen molar-refractivity contribution in [3.63, 3.8) is 0 Å². The number of ketones is 1. The summed E-state index contributed by atoms with van der Waals surface area (Å²) in [4.78, 5) is 11.9. The number of aromatic nitrogens is 5. The molecule has 6 heteroatoms. The monoisotopic (exact) mass is 267 g/mol. The molecule has 100 valence electrons. The molecule has 0 spiro atoms. The summed E-state index contributed by atoms with van der Waals surface area (Å²) in [5, 5.41) is 12.0. The molecule has 20 heavy (non-hydrogen) atoms. The van der Waals surface area contributed by atoms with E-state index in [0.717, 1.165) is 16.6 Å². The first-order valence-electron chi connectivity index (χ1n) is 6.14. The van der Waals surface area contributed by atoms with E-state index in [9.17, 15) is 4.79 Å². The Morgan fingerprint density at radius 1 is 1.30 bits per heavy atom. The fraction of sp³-hybridized carbons (Fsp3) is 0.143. The van der Waals surface area contributed by atoms with Crippen molar-refractivity contribution in [3.8, 4) is 0 Å². The molecule has 3 aromatic rings. The first kappa shape index (κ1) is 12.3. The maximum Gasteiger partial charge on any atom is 0.189 e. The zero-order chi connectivity index (χ0) is 14.1. The topological polar surface area (TPSA) is 65.6 Å². The van der Waals surface area contributed by atoms with Gasteiger partial charge in [0.25, 0.3) is 0 Å². The van der Waals surface area contributed by atoms with Crippen LogP contribution in [0.4, 0.5) is 0 Å². The fourth-order valence-electron chi connectivity index (χ4n) is 1.98. The van der Waals surface area contributed by atoms with Gasteiger partial charge in [0.1, 0.15) is 5.52 Å². The van der Waals surface area contributed by atoms with Crippen molar-refractivity contribution in [2.45, 2.75) is 0 Å². The van der Waals surface area contributed by atoms with E-state index in [4.69, 9.17) is 0 Å². The summed E-state index contributed by atoms with van der Waals surface area (Å²) < 4.78 is 3.32. The standard InChI is InChI=1S/C14H13N5O/c1-18-9-11(8-15-18)14(20)6-4-10-3-5-13-12(7-10)16-17-19(13)2/h3-9H,1-2H3. The smallest absolute Gasteiger partial charge is 0.189 e. The van der Waals surface area contributed by atoms with Gasteiger partial charge in [-0.25, -0.2) is 4.68 Å². The predicted octanol–water partition coefficient (Wildman–Crippen LogP) is 1.60. The molecule has 1 aromatic carbocycles. The van der Waals surface area contributed by atoms with Gasteiger partial charge in [0.15, 0.2) is 5.78 Å². The molecule has 0 N–H and O–H groups in total. The summed E-state index contributed by atoms with van der Waals surface area (Å²) in [7, 11) is 3.62. The molecule has 6 nitrogen and oxygen atoms in total. The van der Waals surface area contributed by atoms with Gasteiger partial charge in [0.2, 0.25) is 0 Å². The van der Waals surface area contributed by atoms with E-state index < -0.39 is 0 Å². The Labute approximate surface area is 115 Å². The number of hydrogen-bond donors (Lipinski definition) is 0. The third-order valence-corrected chi connectivity index (χ3v) is 3.05. The molecule has 0 radical (unpaired) electrons. The number of allylic oxidation sites excluding steroid dienone is 1. The number of carbonyl (C=O) groups excluding carboxylic acids is 1. The Morgan fingerprint density at radius 3 is 2.90 bits per heavy atom. The SMILES string of the molecule is Cn1cc(C(=O)C=Cc2ccc3c(c2)nnn3C)cn1. The Bertz CT molecular complexity index is 812. The van der Waals surface area contributed by atoms with Gasteiger partial charge in [0.05, 0.1) is 17.3 Å². The van der Waals surface area contributed by atoms with Crippen molar-refractivity contribution >= 4 is 22.9 Å². The Hall–Kier alpha value is -2.76. The van der Waals surface area contributed by atoms with Crippen LogP contribution >= 0.6 is 0 Å². The van der Waals surface area contributed by atoms with Crippen LogP contribution in [-0.2, 0) is 14.1 Å². The molecule has 0 amide bonds. The number of aryl methyl sites for hydroxylation is 2. The van der Waals surface area contributed by atoms with Gasteiger partial charge in [-0.15, -0.1) is 5.10 Å². The zero-order valence-corrected chi connectivity index (χ0v) is 11.2. The molecular weight excluding hydrogens is 254 g/mol. The molecule has 0 atom stereocenters. The first-order chi connectivity index (χ1) is 9.63. The highest BCUT2D eigenvalue weighted by Gasteiger charge is 2.04. The van der Waals surface area contributed by atoms with E-state index in [0.29, 0.717) is 5.56 Å². The summed E-state index contributed by atoms with van der Waals surface area (Å²) in [6.45, 7) is 0. The van der Waals surface area contributed by atoms with Crippen LogP contribution < -0.4 is 0 Å². The lowest BCUT2D eigenvalue weighted by Gasteiger charge is -1.94. The lowest BCUT2D eigenvalue weighted by atomic mass is 10.1. The van der Waals surface area contributed by atoms with Crippen LogP contribution in [0.15, 0.2) is 36.7 Å². The van der Waals surface area contributed by atoms with E-state index in [1.807, 2.05) is 25.2 Å². The molecule has 0 bridgehead atoms. The number of fused-ring (bicyclic) bond motifs is 1. The van der Waals surface area contributed by atoms with Crippen LogP contribution in [-0.4, -0.2) is 30.6 Å². The minimum absolute atomic E-state index is 0.0719. The molecule has 2 aromatic heterocycles. The van der Waals surface area contributed by atoms with Gasteiger partial charge >= 0.3 is 0 Å². The van der Waals surface area contributed by atoms with Gasteiger partial charge in [-0.3, -0.25) is 9.48 Å². The molecular formula is C14H13N5O. The van der Waals surface area contributed by atoms with Crippen molar-refractivity contribution in [1.82, 2.24) is 24.8 Å². The summed E-state index contributed by atoms with van der Waals surface area (Å²) in [6, 6.07) is 5.76. The highest BCUT2D eigenvalue weighted by Crippen LogP contribution is 2.14. The maximum absolute atomic E-state index is 11.9. The average Bonchev–Trinajstić information content (AvgIpc) is 3.03. The number of rotatable bonds is 3. The second-order valence-electron chi connectivity index (χ2n) is 4.56. The molecule has 0 unspecified atom stereocenters. The molecule has 2 heterocycles. The van der Waals surface area contributed by atoms with E-state index >= 15 is 0 Å². The first-order valence-corrected chi connectivity index (χ1v) is 6.14. The van der Waals surface area contributed by atoms with Gasteiger partial charge in [0, 0.05) is 20.3 Å². The summed E-state index contributed by atoms with van der Waals surface area (Å²) in [5.41, 5.74) is 3.25. The number of carbonyl (C=O) groups is 1. The second-order valence-corrected chi connectivity index (χ2v) is 4.56. The van der Waals surface area contributed by atoms with E-state index in [2.05, 4.69) is 15.4 Å². The van der Waals surface area contributed by atoms with Crippen molar-refractivity contribution in [1.29, 1.82) is 0 Å². The summed E-state index contributed by atoms with van der Waals surface area (Å²) in [6.07, 6.45) is 6.55. The Kier molecular flexibility index (Phi) is 2.90. The van der Waals surface area contributed by atoms with Gasteiger partial charge < -0.3 is 0 Å². The van der Waals surface area contributed by atoms with Crippen molar-refractivity contribution in [3.05, 3.63) is 47.8 Å². The van der Waals surface area contributed by atoms with Crippen LogP contribution in [0.3, 0.4) is 0 Å². The third kappa shape index (κ3) is 2.23. The van der Waals surface area contributed by atoms with Gasteiger partial charge in [-0.1, -0.05) is 17.4 Å².